The number of anilines is 1. The molecule has 1 aromatic carbocycles. The van der Waals surface area contributed by atoms with Gasteiger partial charge >= 0.3 is 0 Å². The molecule has 10 heteroatoms. The van der Waals surface area contributed by atoms with Gasteiger partial charge < -0.3 is 5.32 Å². The number of rotatable bonds is 6. The Morgan fingerprint density at radius 1 is 1.17 bits per heavy atom. The van der Waals surface area contributed by atoms with E-state index in [1.807, 2.05) is 6.07 Å². The first-order valence-corrected chi connectivity index (χ1v) is 10.2. The summed E-state index contributed by atoms with van der Waals surface area (Å²) in [4.78, 5) is 29.1. The van der Waals surface area contributed by atoms with E-state index in [1.165, 1.54) is 36.3 Å². The van der Waals surface area contributed by atoms with Crippen molar-refractivity contribution in [2.75, 3.05) is 18.9 Å². The minimum absolute atomic E-state index is 0.0161. The number of para-hydroxylation sites is 1. The first-order valence-electron chi connectivity index (χ1n) is 8.73. The maximum absolute atomic E-state index is 12.8. The molecular weight excluding hydrogens is 394 g/mol. The molecule has 152 valence electrons. The van der Waals surface area contributed by atoms with E-state index in [9.17, 15) is 18.0 Å². The molecule has 3 rings (SSSR count). The third kappa shape index (κ3) is 3.98. The highest BCUT2D eigenvalue weighted by Gasteiger charge is 2.24. The van der Waals surface area contributed by atoms with Crippen molar-refractivity contribution >= 4 is 21.6 Å². The molecule has 0 fully saturated rings. The molecule has 2 heterocycles. The summed E-state index contributed by atoms with van der Waals surface area (Å²) in [6.45, 7) is 1.25. The lowest BCUT2D eigenvalue weighted by molar-refractivity contribution is -0.116. The third-order valence-electron chi connectivity index (χ3n) is 4.53. The smallest absolute Gasteiger partial charge is 0.295 e. The second-order valence-electron chi connectivity index (χ2n) is 6.43. The standard InChI is InChI=1S/C19H21N5O4S/c1-14-18(19(26)24(23(14)3)15-8-5-4-6-9-15)21-17(25)13-22(2)29(27,28)16-10-7-11-20-12-16/h4-12H,13H2,1-3H3,(H,21,25). The number of carbonyl (C=O) groups excluding carboxylic acids is 1. The van der Waals surface area contributed by atoms with Crippen molar-refractivity contribution in [2.24, 2.45) is 7.05 Å². The quantitative estimate of drug-likeness (QED) is 0.650. The normalized spacial score (nSPS) is 11.6. The molecule has 0 aliphatic heterocycles. The lowest BCUT2D eigenvalue weighted by Gasteiger charge is -2.16. The van der Waals surface area contributed by atoms with Gasteiger partial charge in [-0.15, -0.1) is 0 Å². The zero-order valence-corrected chi connectivity index (χ0v) is 17.0. The summed E-state index contributed by atoms with van der Waals surface area (Å²) in [6.07, 6.45) is 2.67. The average Bonchev–Trinajstić information content (AvgIpc) is 2.92. The van der Waals surface area contributed by atoms with Crippen LogP contribution in [0.3, 0.4) is 0 Å². The Morgan fingerprint density at radius 3 is 2.48 bits per heavy atom. The van der Waals surface area contributed by atoms with Crippen LogP contribution >= 0.6 is 0 Å². The van der Waals surface area contributed by atoms with Crippen molar-refractivity contribution in [3.05, 3.63) is 70.9 Å². The number of hydrogen-bond donors (Lipinski definition) is 1. The zero-order chi connectivity index (χ0) is 21.2. The molecule has 0 saturated heterocycles. The largest absolute Gasteiger partial charge is 0.319 e. The van der Waals surface area contributed by atoms with E-state index in [0.29, 0.717) is 11.4 Å². The summed E-state index contributed by atoms with van der Waals surface area (Å²) in [5.41, 5.74) is 0.903. The summed E-state index contributed by atoms with van der Waals surface area (Å²) in [6, 6.07) is 11.9. The first-order chi connectivity index (χ1) is 13.7. The Hall–Kier alpha value is -3.24. The van der Waals surface area contributed by atoms with Gasteiger partial charge in [-0.05, 0) is 31.2 Å². The number of benzene rings is 1. The molecule has 29 heavy (non-hydrogen) atoms. The first kappa shape index (κ1) is 20.5. The van der Waals surface area contributed by atoms with Crippen LogP contribution in [0.1, 0.15) is 5.69 Å². The van der Waals surface area contributed by atoms with Gasteiger partial charge in [-0.2, -0.15) is 4.31 Å². The van der Waals surface area contributed by atoms with Crippen molar-refractivity contribution in [1.82, 2.24) is 18.7 Å². The highest BCUT2D eigenvalue weighted by Crippen LogP contribution is 2.15. The number of aromatic nitrogens is 3. The molecule has 0 spiro atoms. The minimum atomic E-state index is -3.87. The second-order valence-corrected chi connectivity index (χ2v) is 8.48. The third-order valence-corrected chi connectivity index (χ3v) is 6.31. The lowest BCUT2D eigenvalue weighted by Crippen LogP contribution is -2.35. The van der Waals surface area contributed by atoms with Gasteiger partial charge in [-0.25, -0.2) is 13.1 Å². The van der Waals surface area contributed by atoms with Crippen LogP contribution in [0.25, 0.3) is 5.69 Å². The highest BCUT2D eigenvalue weighted by molar-refractivity contribution is 7.89. The van der Waals surface area contributed by atoms with Crippen LogP contribution in [0.2, 0.25) is 0 Å². The van der Waals surface area contributed by atoms with Crippen molar-refractivity contribution in [2.45, 2.75) is 11.8 Å². The van der Waals surface area contributed by atoms with Gasteiger partial charge in [0.1, 0.15) is 10.6 Å². The molecule has 2 aromatic heterocycles. The van der Waals surface area contributed by atoms with E-state index < -0.39 is 28.0 Å². The molecule has 0 unspecified atom stereocenters. The molecule has 0 radical (unpaired) electrons. The van der Waals surface area contributed by atoms with Crippen molar-refractivity contribution in [3.8, 4) is 5.69 Å². The van der Waals surface area contributed by atoms with Crippen molar-refractivity contribution < 1.29 is 13.2 Å². The Kier molecular flexibility index (Phi) is 5.66. The SMILES string of the molecule is Cc1c(NC(=O)CN(C)S(=O)(=O)c2cccnc2)c(=O)n(-c2ccccc2)n1C. The maximum Gasteiger partial charge on any atom is 0.295 e. The average molecular weight is 415 g/mol. The number of nitrogens with zero attached hydrogens (tertiary/aromatic N) is 4. The summed E-state index contributed by atoms with van der Waals surface area (Å²) in [7, 11) is -0.871. The van der Waals surface area contributed by atoms with Crippen LogP contribution in [0.4, 0.5) is 5.69 Å². The molecule has 0 saturated carbocycles. The molecular formula is C19H21N5O4S. The Morgan fingerprint density at radius 2 is 1.86 bits per heavy atom. The number of pyridine rings is 1. The van der Waals surface area contributed by atoms with Gasteiger partial charge in [0.05, 0.1) is 17.9 Å². The Bertz CT molecular complexity index is 1180. The van der Waals surface area contributed by atoms with Crippen LogP contribution in [0.5, 0.6) is 0 Å². The second kappa shape index (κ2) is 8.02. The summed E-state index contributed by atoms with van der Waals surface area (Å²) >= 11 is 0. The predicted molar refractivity (Wildman–Crippen MR) is 108 cm³/mol. The maximum atomic E-state index is 12.8. The van der Waals surface area contributed by atoms with Gasteiger partial charge in [0.15, 0.2) is 0 Å². The fourth-order valence-electron chi connectivity index (χ4n) is 2.86. The fraction of sp³-hybridized carbons (Fsp3) is 0.211. The van der Waals surface area contributed by atoms with Crippen molar-refractivity contribution in [1.29, 1.82) is 0 Å². The number of likely N-dealkylation sites (N-methyl/N-ethyl adjacent to an activating group) is 1. The van der Waals surface area contributed by atoms with E-state index in [1.54, 1.807) is 42.9 Å². The lowest BCUT2D eigenvalue weighted by atomic mass is 10.3. The van der Waals surface area contributed by atoms with Crippen LogP contribution in [0.15, 0.2) is 64.5 Å². The molecule has 0 atom stereocenters. The molecule has 1 N–H and O–H groups in total. The van der Waals surface area contributed by atoms with E-state index in [4.69, 9.17) is 0 Å². The van der Waals surface area contributed by atoms with Crippen LogP contribution in [-0.4, -0.2) is 46.6 Å². The zero-order valence-electron chi connectivity index (χ0n) is 16.2. The minimum Gasteiger partial charge on any atom is -0.319 e. The van der Waals surface area contributed by atoms with Gasteiger partial charge in [0.25, 0.3) is 5.56 Å². The monoisotopic (exact) mass is 415 g/mol. The summed E-state index contributed by atoms with van der Waals surface area (Å²) in [5.74, 6) is -0.619. The number of hydrogen-bond acceptors (Lipinski definition) is 5. The molecule has 0 aliphatic carbocycles. The highest BCUT2D eigenvalue weighted by atomic mass is 32.2. The molecule has 0 bridgehead atoms. The molecule has 1 amide bonds. The topological polar surface area (TPSA) is 106 Å². The van der Waals surface area contributed by atoms with E-state index >= 15 is 0 Å². The molecule has 3 aromatic rings. The predicted octanol–water partition coefficient (Wildman–Crippen LogP) is 1.14. The van der Waals surface area contributed by atoms with Crippen LogP contribution in [0, 0.1) is 6.92 Å². The number of nitrogens with one attached hydrogen (secondary N) is 1. The Labute approximate surface area is 168 Å². The van der Waals surface area contributed by atoms with E-state index in [-0.39, 0.29) is 10.6 Å². The van der Waals surface area contributed by atoms with Crippen molar-refractivity contribution in [3.63, 3.8) is 0 Å². The van der Waals surface area contributed by atoms with Gasteiger partial charge in [0, 0.05) is 26.5 Å². The number of sulfonamides is 1. The molecule has 0 aliphatic rings. The number of carbonyl (C=O) groups is 1. The van der Waals surface area contributed by atoms with E-state index in [2.05, 4.69) is 10.3 Å². The fourth-order valence-corrected chi connectivity index (χ4v) is 3.95. The number of amides is 1. The van der Waals surface area contributed by atoms with Crippen LogP contribution in [-0.2, 0) is 21.9 Å². The van der Waals surface area contributed by atoms with Gasteiger partial charge in [0.2, 0.25) is 15.9 Å². The van der Waals surface area contributed by atoms with E-state index in [0.717, 1.165) is 4.31 Å². The van der Waals surface area contributed by atoms with Gasteiger partial charge in [-0.3, -0.25) is 19.3 Å². The summed E-state index contributed by atoms with van der Waals surface area (Å²) in [5, 5.41) is 2.55. The van der Waals surface area contributed by atoms with Crippen LogP contribution < -0.4 is 10.9 Å². The summed E-state index contributed by atoms with van der Waals surface area (Å²) < 4.78 is 29.0. The molecule has 9 nitrogen and oxygen atoms in total. The Balaban J connectivity index is 1.82. The van der Waals surface area contributed by atoms with Gasteiger partial charge in [-0.1, -0.05) is 18.2 Å².